The van der Waals surface area contributed by atoms with Gasteiger partial charge >= 0.3 is 0 Å². The molecule has 5 rings (SSSR count). The molecule has 1 saturated heterocycles. The monoisotopic (exact) mass is 443 g/mol. The van der Waals surface area contributed by atoms with E-state index in [0.717, 1.165) is 66.2 Å². The Morgan fingerprint density at radius 2 is 1.91 bits per heavy atom. The van der Waals surface area contributed by atoms with Gasteiger partial charge in [0.15, 0.2) is 0 Å². The Kier molecular flexibility index (Phi) is 5.67. The molecule has 1 fully saturated rings. The lowest BCUT2D eigenvalue weighted by atomic mass is 9.98. The number of carbonyl (C=O) groups excluding carboxylic acids is 1. The third-order valence-electron chi connectivity index (χ3n) is 6.68. The number of hydrogen-bond acceptors (Lipinski definition) is 4. The highest BCUT2D eigenvalue weighted by Gasteiger charge is 2.33. The highest BCUT2D eigenvalue weighted by Crippen LogP contribution is 2.33. The Bertz CT molecular complexity index is 1230. The van der Waals surface area contributed by atoms with Crippen molar-refractivity contribution in [1.29, 1.82) is 0 Å². The van der Waals surface area contributed by atoms with Gasteiger partial charge in [0, 0.05) is 24.4 Å². The fourth-order valence-electron chi connectivity index (χ4n) is 4.99. The molecule has 2 heterocycles. The van der Waals surface area contributed by atoms with Crippen LogP contribution in [0.2, 0.25) is 0 Å². The maximum Gasteiger partial charge on any atom is 0.250 e. The Hall–Kier alpha value is -3.54. The van der Waals surface area contributed by atoms with E-state index in [2.05, 4.69) is 22.0 Å². The zero-order valence-electron chi connectivity index (χ0n) is 19.4. The Labute approximate surface area is 194 Å². The van der Waals surface area contributed by atoms with Gasteiger partial charge in [-0.15, -0.1) is 0 Å². The van der Waals surface area contributed by atoms with E-state index < -0.39 is 0 Å². The van der Waals surface area contributed by atoms with Crippen LogP contribution in [0, 0.1) is 6.92 Å². The van der Waals surface area contributed by atoms with Crippen LogP contribution in [0.1, 0.15) is 35.2 Å². The number of imidazole rings is 1. The molecule has 0 N–H and O–H groups in total. The molecule has 0 saturated carbocycles. The van der Waals surface area contributed by atoms with Gasteiger partial charge in [-0.25, -0.2) is 4.98 Å². The Morgan fingerprint density at radius 1 is 1.06 bits per heavy atom. The van der Waals surface area contributed by atoms with Crippen LogP contribution < -0.4 is 9.47 Å². The average Bonchev–Trinajstić information content (AvgIpc) is 3.45. The molecule has 2 aromatic carbocycles. The standard InChI is InChI=1S/C27H29N3O3/c1-18-16-29(17-28-18)25-9-6-19(12-26(25)33-3)11-21-5-4-10-30(27(21)31)23-13-20-7-8-24(32-2)15-22(20)14-23/h6-9,11-12,15-17,23H,4-5,10,13-14H2,1-3H3/t23-/m1/s1. The number of piperidine rings is 1. The predicted octanol–water partition coefficient (Wildman–Crippen LogP) is 4.37. The first-order valence-electron chi connectivity index (χ1n) is 11.4. The van der Waals surface area contributed by atoms with Crippen LogP contribution >= 0.6 is 0 Å². The summed E-state index contributed by atoms with van der Waals surface area (Å²) in [5.74, 6) is 1.78. The molecule has 0 radical (unpaired) electrons. The van der Waals surface area contributed by atoms with E-state index in [1.807, 2.05) is 48.0 Å². The van der Waals surface area contributed by atoms with Crippen molar-refractivity contribution < 1.29 is 14.3 Å². The molecule has 0 spiro atoms. The first-order chi connectivity index (χ1) is 16.1. The minimum Gasteiger partial charge on any atom is -0.497 e. The molecule has 3 aromatic rings. The molecule has 1 aliphatic carbocycles. The summed E-state index contributed by atoms with van der Waals surface area (Å²) in [6.45, 7) is 2.77. The summed E-state index contributed by atoms with van der Waals surface area (Å²) in [7, 11) is 3.36. The summed E-state index contributed by atoms with van der Waals surface area (Å²) < 4.78 is 13.0. The molecular formula is C27H29N3O3. The van der Waals surface area contributed by atoms with Crippen molar-refractivity contribution in [3.05, 3.63) is 76.9 Å². The van der Waals surface area contributed by atoms with Gasteiger partial charge < -0.3 is 18.9 Å². The van der Waals surface area contributed by atoms with Crippen molar-refractivity contribution in [2.75, 3.05) is 20.8 Å². The minimum atomic E-state index is 0.152. The van der Waals surface area contributed by atoms with Crippen LogP contribution in [0.25, 0.3) is 11.8 Å². The van der Waals surface area contributed by atoms with Crippen LogP contribution in [0.5, 0.6) is 11.5 Å². The number of hydrogen-bond donors (Lipinski definition) is 0. The van der Waals surface area contributed by atoms with Gasteiger partial charge in [-0.3, -0.25) is 4.79 Å². The number of likely N-dealkylation sites (tertiary alicyclic amines) is 1. The van der Waals surface area contributed by atoms with E-state index in [1.54, 1.807) is 20.5 Å². The van der Waals surface area contributed by atoms with Crippen LogP contribution in [-0.4, -0.2) is 47.2 Å². The fourth-order valence-corrected chi connectivity index (χ4v) is 4.99. The predicted molar refractivity (Wildman–Crippen MR) is 128 cm³/mol. The summed E-state index contributed by atoms with van der Waals surface area (Å²) in [6, 6.07) is 12.5. The quantitative estimate of drug-likeness (QED) is 0.550. The number of fused-ring (bicyclic) bond motifs is 1. The molecule has 6 heteroatoms. The van der Waals surface area contributed by atoms with E-state index in [4.69, 9.17) is 9.47 Å². The first-order valence-corrected chi connectivity index (χ1v) is 11.4. The summed E-state index contributed by atoms with van der Waals surface area (Å²) in [5, 5.41) is 0. The van der Waals surface area contributed by atoms with Gasteiger partial charge in [0.1, 0.15) is 11.5 Å². The molecule has 6 nitrogen and oxygen atoms in total. The second-order valence-corrected chi connectivity index (χ2v) is 8.82. The Balaban J connectivity index is 1.37. The summed E-state index contributed by atoms with van der Waals surface area (Å²) in [4.78, 5) is 19.8. The minimum absolute atomic E-state index is 0.152. The molecule has 1 atom stereocenters. The lowest BCUT2D eigenvalue weighted by Crippen LogP contribution is -2.44. The van der Waals surface area contributed by atoms with Crippen molar-refractivity contribution in [2.24, 2.45) is 0 Å². The number of ether oxygens (including phenoxy) is 2. The van der Waals surface area contributed by atoms with Gasteiger partial charge in [0.2, 0.25) is 5.91 Å². The molecule has 1 aliphatic heterocycles. The third kappa shape index (κ3) is 4.13. The van der Waals surface area contributed by atoms with E-state index in [-0.39, 0.29) is 11.9 Å². The van der Waals surface area contributed by atoms with Gasteiger partial charge in [-0.2, -0.15) is 0 Å². The van der Waals surface area contributed by atoms with Crippen LogP contribution in [0.3, 0.4) is 0 Å². The van der Waals surface area contributed by atoms with Crippen LogP contribution in [0.4, 0.5) is 0 Å². The van der Waals surface area contributed by atoms with Gasteiger partial charge in [0.25, 0.3) is 0 Å². The number of rotatable bonds is 5. The van der Waals surface area contributed by atoms with Gasteiger partial charge in [-0.05, 0) is 79.6 Å². The van der Waals surface area contributed by atoms with Gasteiger partial charge in [0.05, 0.1) is 31.9 Å². The van der Waals surface area contributed by atoms with Crippen molar-refractivity contribution in [1.82, 2.24) is 14.5 Å². The first kappa shape index (κ1) is 21.3. The fraction of sp³-hybridized carbons (Fsp3) is 0.333. The average molecular weight is 444 g/mol. The zero-order valence-corrected chi connectivity index (χ0v) is 19.4. The lowest BCUT2D eigenvalue weighted by Gasteiger charge is -2.33. The van der Waals surface area contributed by atoms with Gasteiger partial charge in [-0.1, -0.05) is 12.1 Å². The van der Waals surface area contributed by atoms with Crippen molar-refractivity contribution in [3.8, 4) is 17.2 Å². The maximum atomic E-state index is 13.4. The number of methoxy groups -OCH3 is 2. The van der Waals surface area contributed by atoms with Crippen LogP contribution in [0.15, 0.2) is 54.5 Å². The SMILES string of the molecule is COc1ccc2c(c1)C[C@H](N1CCCC(=Cc3ccc(-n4cnc(C)c4)c(OC)c3)C1=O)C2. The second kappa shape index (κ2) is 8.77. The number of amides is 1. The molecule has 33 heavy (non-hydrogen) atoms. The molecule has 1 aromatic heterocycles. The largest absolute Gasteiger partial charge is 0.497 e. The zero-order chi connectivity index (χ0) is 22.9. The second-order valence-electron chi connectivity index (χ2n) is 8.82. The lowest BCUT2D eigenvalue weighted by molar-refractivity contribution is -0.130. The van der Waals surface area contributed by atoms with E-state index >= 15 is 0 Å². The molecule has 1 amide bonds. The number of aryl methyl sites for hydroxylation is 1. The molecule has 0 bridgehead atoms. The highest BCUT2D eigenvalue weighted by molar-refractivity contribution is 5.98. The van der Waals surface area contributed by atoms with Crippen molar-refractivity contribution >= 4 is 12.0 Å². The number of aromatic nitrogens is 2. The topological polar surface area (TPSA) is 56.6 Å². The molecular weight excluding hydrogens is 414 g/mol. The van der Waals surface area contributed by atoms with E-state index in [9.17, 15) is 4.79 Å². The summed E-state index contributed by atoms with van der Waals surface area (Å²) in [5.41, 5.74) is 6.32. The molecule has 2 aliphatic rings. The van der Waals surface area contributed by atoms with Crippen molar-refractivity contribution in [2.45, 2.75) is 38.6 Å². The number of carbonyl (C=O) groups is 1. The van der Waals surface area contributed by atoms with E-state index in [0.29, 0.717) is 0 Å². The summed E-state index contributed by atoms with van der Waals surface area (Å²) >= 11 is 0. The van der Waals surface area contributed by atoms with Crippen LogP contribution in [-0.2, 0) is 17.6 Å². The van der Waals surface area contributed by atoms with E-state index in [1.165, 1.54) is 11.1 Å². The normalized spacial score (nSPS) is 19.1. The third-order valence-corrected chi connectivity index (χ3v) is 6.68. The van der Waals surface area contributed by atoms with Crippen molar-refractivity contribution in [3.63, 3.8) is 0 Å². The summed E-state index contributed by atoms with van der Waals surface area (Å²) in [6.07, 6.45) is 9.34. The number of nitrogens with zero attached hydrogens (tertiary/aromatic N) is 3. The Morgan fingerprint density at radius 3 is 2.67 bits per heavy atom. The maximum absolute atomic E-state index is 13.4. The highest BCUT2D eigenvalue weighted by atomic mass is 16.5. The molecule has 170 valence electrons. The molecule has 0 unspecified atom stereocenters. The number of benzene rings is 2. The smallest absolute Gasteiger partial charge is 0.250 e.